The van der Waals surface area contributed by atoms with Gasteiger partial charge in [-0.05, 0) is 49.2 Å². The fraction of sp³-hybridized carbons (Fsp3) is 0.211. The molecule has 1 aliphatic heterocycles. The van der Waals surface area contributed by atoms with Gasteiger partial charge in [-0.25, -0.2) is 4.79 Å². The predicted octanol–water partition coefficient (Wildman–Crippen LogP) is 6.17. The van der Waals surface area contributed by atoms with Gasteiger partial charge in [0.2, 0.25) is 11.7 Å². The van der Waals surface area contributed by atoms with Crippen LogP contribution in [0.15, 0.2) is 51.5 Å². The predicted molar refractivity (Wildman–Crippen MR) is 112 cm³/mol. The summed E-state index contributed by atoms with van der Waals surface area (Å²) in [4.78, 5) is 19.0. The lowest BCUT2D eigenvalue weighted by Gasteiger charge is -2.22. The number of likely N-dealkylation sites (tertiary alicyclic amines) is 1. The zero-order valence-electron chi connectivity index (χ0n) is 14.5. The van der Waals surface area contributed by atoms with Crippen LogP contribution in [0.5, 0.6) is 0 Å². The van der Waals surface area contributed by atoms with Crippen LogP contribution in [0.25, 0.3) is 11.4 Å². The molecule has 28 heavy (non-hydrogen) atoms. The summed E-state index contributed by atoms with van der Waals surface area (Å²) in [5, 5.41) is 7.57. The standard InChI is InChI=1S/C19H15BrCl2N4O2/c20-12-8-6-11(7-9-12)17-24-18(28-25-17)15-5-2-10-26(15)19(27)23-14-4-1-3-13(21)16(14)22/h1,3-4,6-9,15H,2,5,10H2,(H,23,27). The molecular formula is C19H15BrCl2N4O2. The fourth-order valence-electron chi connectivity index (χ4n) is 3.14. The number of carbonyl (C=O) groups is 1. The molecule has 0 bridgehead atoms. The van der Waals surface area contributed by atoms with Crippen molar-refractivity contribution in [3.8, 4) is 11.4 Å². The Balaban J connectivity index is 1.53. The average molecular weight is 482 g/mol. The van der Waals surface area contributed by atoms with E-state index < -0.39 is 0 Å². The van der Waals surface area contributed by atoms with Crippen LogP contribution in [0.2, 0.25) is 10.0 Å². The van der Waals surface area contributed by atoms with Gasteiger partial charge in [-0.2, -0.15) is 4.98 Å². The van der Waals surface area contributed by atoms with Gasteiger partial charge in [0, 0.05) is 16.6 Å². The first-order valence-corrected chi connectivity index (χ1v) is 10.2. The van der Waals surface area contributed by atoms with Gasteiger partial charge < -0.3 is 14.7 Å². The topological polar surface area (TPSA) is 71.3 Å². The van der Waals surface area contributed by atoms with Crippen molar-refractivity contribution >= 4 is 50.9 Å². The summed E-state index contributed by atoms with van der Waals surface area (Å²) in [5.41, 5.74) is 1.31. The molecule has 6 nitrogen and oxygen atoms in total. The first kappa shape index (κ1) is 19.2. The van der Waals surface area contributed by atoms with E-state index in [2.05, 4.69) is 31.4 Å². The summed E-state index contributed by atoms with van der Waals surface area (Å²) in [7, 11) is 0. The van der Waals surface area contributed by atoms with Crippen LogP contribution in [-0.4, -0.2) is 27.6 Å². The number of hydrogen-bond donors (Lipinski definition) is 1. The van der Waals surface area contributed by atoms with Gasteiger partial charge in [0.15, 0.2) is 0 Å². The summed E-state index contributed by atoms with van der Waals surface area (Å²) in [6.07, 6.45) is 1.59. The zero-order valence-corrected chi connectivity index (χ0v) is 17.6. The number of anilines is 1. The Bertz CT molecular complexity index is 1010. The molecule has 2 heterocycles. The lowest BCUT2D eigenvalue weighted by atomic mass is 10.2. The molecule has 0 saturated carbocycles. The summed E-state index contributed by atoms with van der Waals surface area (Å²) >= 11 is 15.6. The molecule has 144 valence electrons. The van der Waals surface area contributed by atoms with E-state index in [0.29, 0.717) is 34.0 Å². The Morgan fingerprint density at radius 2 is 2.00 bits per heavy atom. The van der Waals surface area contributed by atoms with Gasteiger partial charge in [-0.15, -0.1) is 0 Å². The Hall–Kier alpha value is -2.09. The van der Waals surface area contributed by atoms with Crippen molar-refractivity contribution in [1.82, 2.24) is 15.0 Å². The van der Waals surface area contributed by atoms with E-state index in [0.717, 1.165) is 22.9 Å². The van der Waals surface area contributed by atoms with E-state index in [9.17, 15) is 4.79 Å². The lowest BCUT2D eigenvalue weighted by Crippen LogP contribution is -2.34. The molecule has 2 amide bonds. The van der Waals surface area contributed by atoms with Crippen LogP contribution >= 0.6 is 39.1 Å². The molecule has 4 rings (SSSR count). The lowest BCUT2D eigenvalue weighted by molar-refractivity contribution is 0.193. The van der Waals surface area contributed by atoms with Crippen molar-refractivity contribution in [3.63, 3.8) is 0 Å². The molecule has 9 heteroatoms. The van der Waals surface area contributed by atoms with Crippen LogP contribution in [0, 0.1) is 0 Å². The molecule has 3 aromatic rings. The Morgan fingerprint density at radius 3 is 2.79 bits per heavy atom. The Morgan fingerprint density at radius 1 is 1.21 bits per heavy atom. The smallest absolute Gasteiger partial charge is 0.322 e. The van der Waals surface area contributed by atoms with Crippen molar-refractivity contribution in [3.05, 3.63) is 62.9 Å². The molecule has 1 saturated heterocycles. The van der Waals surface area contributed by atoms with Crippen LogP contribution in [0.4, 0.5) is 10.5 Å². The molecule has 1 unspecified atom stereocenters. The maximum absolute atomic E-state index is 12.8. The normalized spacial score (nSPS) is 16.4. The second-order valence-electron chi connectivity index (χ2n) is 6.35. The van der Waals surface area contributed by atoms with Gasteiger partial charge in [0.25, 0.3) is 0 Å². The summed E-state index contributed by atoms with van der Waals surface area (Å²) in [5.74, 6) is 0.912. The number of benzene rings is 2. The first-order valence-electron chi connectivity index (χ1n) is 8.64. The van der Waals surface area contributed by atoms with Crippen LogP contribution in [0.1, 0.15) is 24.8 Å². The number of halogens is 3. The highest BCUT2D eigenvalue weighted by molar-refractivity contribution is 9.10. The van der Waals surface area contributed by atoms with E-state index in [1.807, 2.05) is 24.3 Å². The van der Waals surface area contributed by atoms with Crippen LogP contribution in [0.3, 0.4) is 0 Å². The fourth-order valence-corrected chi connectivity index (χ4v) is 3.75. The van der Waals surface area contributed by atoms with E-state index >= 15 is 0 Å². The van der Waals surface area contributed by atoms with Gasteiger partial charge in [0.1, 0.15) is 6.04 Å². The number of rotatable bonds is 3. The van der Waals surface area contributed by atoms with Crippen molar-refractivity contribution in [1.29, 1.82) is 0 Å². The second kappa shape index (κ2) is 8.11. The largest absolute Gasteiger partial charge is 0.337 e. The summed E-state index contributed by atoms with van der Waals surface area (Å²) in [6, 6.07) is 12.2. The van der Waals surface area contributed by atoms with E-state index in [-0.39, 0.29) is 12.1 Å². The monoisotopic (exact) mass is 480 g/mol. The minimum absolute atomic E-state index is 0.282. The molecule has 1 aromatic heterocycles. The number of hydrogen-bond acceptors (Lipinski definition) is 4. The third kappa shape index (κ3) is 3.87. The molecular weight excluding hydrogens is 467 g/mol. The van der Waals surface area contributed by atoms with Crippen molar-refractivity contribution < 1.29 is 9.32 Å². The zero-order chi connectivity index (χ0) is 19.7. The molecule has 2 aromatic carbocycles. The maximum atomic E-state index is 12.8. The summed E-state index contributed by atoms with van der Waals surface area (Å²) < 4.78 is 6.44. The molecule has 0 aliphatic carbocycles. The minimum Gasteiger partial charge on any atom is -0.337 e. The SMILES string of the molecule is O=C(Nc1cccc(Cl)c1Cl)N1CCCC1c1nc(-c2ccc(Br)cc2)no1. The van der Waals surface area contributed by atoms with Crippen molar-refractivity contribution in [2.24, 2.45) is 0 Å². The van der Waals surface area contributed by atoms with Gasteiger partial charge >= 0.3 is 6.03 Å². The van der Waals surface area contributed by atoms with Crippen LogP contribution < -0.4 is 5.32 Å². The number of urea groups is 1. The van der Waals surface area contributed by atoms with Gasteiger partial charge in [-0.1, -0.05) is 50.4 Å². The number of amides is 2. The molecule has 0 radical (unpaired) electrons. The Kier molecular flexibility index (Phi) is 5.57. The molecule has 1 atom stereocenters. The van der Waals surface area contributed by atoms with E-state index in [4.69, 9.17) is 27.7 Å². The summed E-state index contributed by atoms with van der Waals surface area (Å²) in [6.45, 7) is 0.588. The van der Waals surface area contributed by atoms with Gasteiger partial charge in [-0.3, -0.25) is 0 Å². The molecule has 0 spiro atoms. The maximum Gasteiger partial charge on any atom is 0.322 e. The highest BCUT2D eigenvalue weighted by Crippen LogP contribution is 2.34. The average Bonchev–Trinajstić information content (AvgIpc) is 3.35. The van der Waals surface area contributed by atoms with Crippen LogP contribution in [-0.2, 0) is 0 Å². The number of carbonyl (C=O) groups excluding carboxylic acids is 1. The Labute approximate surface area is 179 Å². The van der Waals surface area contributed by atoms with Crippen molar-refractivity contribution in [2.45, 2.75) is 18.9 Å². The number of aromatic nitrogens is 2. The van der Waals surface area contributed by atoms with Gasteiger partial charge in [0.05, 0.1) is 15.7 Å². The number of nitrogens with zero attached hydrogens (tertiary/aromatic N) is 3. The number of nitrogens with one attached hydrogen (secondary N) is 1. The quantitative estimate of drug-likeness (QED) is 0.485. The molecule has 1 fully saturated rings. The minimum atomic E-state index is -0.283. The van der Waals surface area contributed by atoms with E-state index in [1.165, 1.54) is 0 Å². The third-order valence-electron chi connectivity index (χ3n) is 4.54. The first-order chi connectivity index (χ1) is 13.5. The highest BCUT2D eigenvalue weighted by atomic mass is 79.9. The molecule has 1 aliphatic rings. The van der Waals surface area contributed by atoms with Crippen molar-refractivity contribution in [2.75, 3.05) is 11.9 Å². The molecule has 1 N–H and O–H groups in total. The van der Waals surface area contributed by atoms with E-state index in [1.54, 1.807) is 23.1 Å². The third-order valence-corrected chi connectivity index (χ3v) is 5.88. The highest BCUT2D eigenvalue weighted by Gasteiger charge is 2.34. The second-order valence-corrected chi connectivity index (χ2v) is 8.05.